The fraction of sp³-hybridized carbons (Fsp3) is 0.250. The molecule has 0 atom stereocenters. The Hall–Kier alpha value is -2.76. The van der Waals surface area contributed by atoms with E-state index in [2.05, 4.69) is 5.32 Å². The lowest BCUT2D eigenvalue weighted by molar-refractivity contribution is -0.115. The summed E-state index contributed by atoms with van der Waals surface area (Å²) >= 11 is 0. The molecule has 0 spiro atoms. The number of hydrogen-bond donors (Lipinski definition) is 3. The highest BCUT2D eigenvalue weighted by atomic mass is 16.5. The molecule has 1 aromatic carbocycles. The summed E-state index contributed by atoms with van der Waals surface area (Å²) in [5.41, 5.74) is 13.7. The number of nitrogens with one attached hydrogen (secondary N) is 1. The van der Waals surface area contributed by atoms with Crippen LogP contribution >= 0.6 is 0 Å². The van der Waals surface area contributed by atoms with Crippen LogP contribution in [-0.4, -0.2) is 18.9 Å². The maximum Gasteiger partial charge on any atom is 0.247 e. The average molecular weight is 301 g/mol. The van der Waals surface area contributed by atoms with Gasteiger partial charge in [-0.25, -0.2) is 0 Å². The maximum absolute atomic E-state index is 11.9. The molecule has 0 aliphatic carbocycles. The Morgan fingerprint density at radius 2 is 1.45 bits per heavy atom. The van der Waals surface area contributed by atoms with Crippen LogP contribution in [0.5, 0.6) is 5.75 Å². The zero-order chi connectivity index (χ0) is 16.4. The monoisotopic (exact) mass is 301 g/mol. The Kier molecular flexibility index (Phi) is 4.21. The molecule has 6 heteroatoms. The van der Waals surface area contributed by atoms with Gasteiger partial charge in [0.05, 0.1) is 7.11 Å². The summed E-state index contributed by atoms with van der Waals surface area (Å²) in [6, 6.07) is 7.11. The first kappa shape index (κ1) is 15.6. The highest BCUT2D eigenvalue weighted by Crippen LogP contribution is 2.38. The predicted molar refractivity (Wildman–Crippen MR) is 82.7 cm³/mol. The minimum absolute atomic E-state index is 0.338. The number of primary amides is 2. The van der Waals surface area contributed by atoms with Gasteiger partial charge >= 0.3 is 0 Å². The molecule has 0 bridgehead atoms. The summed E-state index contributed by atoms with van der Waals surface area (Å²) in [5, 5.41) is 3.00. The third-order valence-corrected chi connectivity index (χ3v) is 3.74. The Morgan fingerprint density at radius 1 is 1.00 bits per heavy atom. The lowest BCUT2D eigenvalue weighted by Crippen LogP contribution is -2.35. The molecule has 6 nitrogen and oxygen atoms in total. The molecule has 5 N–H and O–H groups in total. The number of benzene rings is 1. The van der Waals surface area contributed by atoms with Crippen molar-refractivity contribution in [2.45, 2.75) is 19.8 Å². The van der Waals surface area contributed by atoms with Crippen LogP contribution < -0.4 is 21.5 Å². The van der Waals surface area contributed by atoms with Gasteiger partial charge in [-0.1, -0.05) is 12.1 Å². The molecule has 116 valence electrons. The van der Waals surface area contributed by atoms with Crippen molar-refractivity contribution < 1.29 is 14.3 Å². The second kappa shape index (κ2) is 5.93. The summed E-state index contributed by atoms with van der Waals surface area (Å²) in [7, 11) is 1.57. The number of rotatable bonds is 4. The van der Waals surface area contributed by atoms with Crippen LogP contribution in [-0.2, 0) is 9.59 Å². The van der Waals surface area contributed by atoms with E-state index < -0.39 is 17.7 Å². The number of carbonyl (C=O) groups is 2. The number of carbonyl (C=O) groups excluding carboxylic acids is 2. The Morgan fingerprint density at radius 3 is 1.82 bits per heavy atom. The molecule has 0 saturated carbocycles. The summed E-state index contributed by atoms with van der Waals surface area (Å²) < 4.78 is 5.13. The van der Waals surface area contributed by atoms with Gasteiger partial charge in [0.1, 0.15) is 5.75 Å². The van der Waals surface area contributed by atoms with Crippen LogP contribution in [0.25, 0.3) is 0 Å². The molecule has 22 heavy (non-hydrogen) atoms. The van der Waals surface area contributed by atoms with E-state index in [0.29, 0.717) is 28.3 Å². The van der Waals surface area contributed by atoms with Crippen molar-refractivity contribution in [3.63, 3.8) is 0 Å². The van der Waals surface area contributed by atoms with E-state index >= 15 is 0 Å². The lowest BCUT2D eigenvalue weighted by atomic mass is 9.80. The zero-order valence-corrected chi connectivity index (χ0v) is 12.8. The molecule has 2 rings (SSSR count). The van der Waals surface area contributed by atoms with Gasteiger partial charge in [0.2, 0.25) is 11.8 Å². The third kappa shape index (κ3) is 2.67. The number of amides is 2. The molecule has 0 unspecified atom stereocenters. The van der Waals surface area contributed by atoms with Crippen molar-refractivity contribution in [2.75, 3.05) is 7.11 Å². The number of dihydropyridines is 1. The van der Waals surface area contributed by atoms with Gasteiger partial charge in [-0.15, -0.1) is 0 Å². The molecule has 0 fully saturated rings. The fourth-order valence-electron chi connectivity index (χ4n) is 2.78. The van der Waals surface area contributed by atoms with Crippen LogP contribution in [0.2, 0.25) is 0 Å². The van der Waals surface area contributed by atoms with Gasteiger partial charge in [-0.05, 0) is 31.5 Å². The van der Waals surface area contributed by atoms with Crippen LogP contribution in [0, 0.1) is 0 Å². The lowest BCUT2D eigenvalue weighted by Gasteiger charge is -2.29. The van der Waals surface area contributed by atoms with Crippen LogP contribution in [0.15, 0.2) is 46.8 Å². The van der Waals surface area contributed by atoms with Gasteiger partial charge in [0, 0.05) is 28.5 Å². The Balaban J connectivity index is 2.63. The van der Waals surface area contributed by atoms with E-state index in [1.165, 1.54) is 0 Å². The quantitative estimate of drug-likeness (QED) is 0.768. The van der Waals surface area contributed by atoms with Crippen LogP contribution in [0.3, 0.4) is 0 Å². The third-order valence-electron chi connectivity index (χ3n) is 3.74. The maximum atomic E-state index is 11.9. The molecule has 0 aromatic heterocycles. The van der Waals surface area contributed by atoms with E-state index in [-0.39, 0.29) is 0 Å². The van der Waals surface area contributed by atoms with E-state index in [0.717, 1.165) is 5.56 Å². The molecule has 0 radical (unpaired) electrons. The van der Waals surface area contributed by atoms with E-state index in [1.807, 2.05) is 0 Å². The van der Waals surface area contributed by atoms with Gasteiger partial charge in [-0.2, -0.15) is 0 Å². The molecule has 1 aliphatic rings. The smallest absolute Gasteiger partial charge is 0.247 e. The number of nitrogens with two attached hydrogens (primary N) is 2. The molecule has 2 amide bonds. The van der Waals surface area contributed by atoms with Crippen LogP contribution in [0.4, 0.5) is 0 Å². The molecule has 1 aromatic rings. The summed E-state index contributed by atoms with van der Waals surface area (Å²) in [6.07, 6.45) is 0. The van der Waals surface area contributed by atoms with E-state index in [1.54, 1.807) is 45.2 Å². The topological polar surface area (TPSA) is 107 Å². The highest BCUT2D eigenvalue weighted by molar-refractivity contribution is 6.02. The van der Waals surface area contributed by atoms with Crippen LogP contribution in [0.1, 0.15) is 25.3 Å². The van der Waals surface area contributed by atoms with Gasteiger partial charge in [0.25, 0.3) is 0 Å². The Bertz CT molecular complexity index is 651. The summed E-state index contributed by atoms with van der Waals surface area (Å²) in [4.78, 5) is 23.7. The first-order chi connectivity index (χ1) is 10.4. The first-order valence-electron chi connectivity index (χ1n) is 6.79. The summed E-state index contributed by atoms with van der Waals surface area (Å²) in [6.45, 7) is 3.50. The number of allylic oxidation sites excluding steroid dienone is 2. The SMILES string of the molecule is COc1ccc(C2C(C(N)=O)=C(C)NC(C)=C2C(N)=O)cc1. The zero-order valence-electron chi connectivity index (χ0n) is 12.8. The largest absolute Gasteiger partial charge is 0.497 e. The number of methoxy groups -OCH3 is 1. The van der Waals surface area contributed by atoms with E-state index in [4.69, 9.17) is 16.2 Å². The van der Waals surface area contributed by atoms with Gasteiger partial charge < -0.3 is 21.5 Å². The minimum Gasteiger partial charge on any atom is -0.497 e. The summed E-state index contributed by atoms with van der Waals surface area (Å²) in [5.74, 6) is -1.07. The second-order valence-electron chi connectivity index (χ2n) is 5.14. The highest BCUT2D eigenvalue weighted by Gasteiger charge is 2.34. The van der Waals surface area contributed by atoms with Crippen molar-refractivity contribution in [1.29, 1.82) is 0 Å². The molecular weight excluding hydrogens is 282 g/mol. The predicted octanol–water partition coefficient (Wildman–Crippen LogP) is 0.901. The fourth-order valence-corrected chi connectivity index (χ4v) is 2.78. The molecular formula is C16H19N3O3. The second-order valence-corrected chi connectivity index (χ2v) is 5.14. The molecule has 1 heterocycles. The first-order valence-corrected chi connectivity index (χ1v) is 6.79. The van der Waals surface area contributed by atoms with Crippen molar-refractivity contribution in [2.24, 2.45) is 11.5 Å². The van der Waals surface area contributed by atoms with Crippen molar-refractivity contribution in [3.05, 3.63) is 52.4 Å². The van der Waals surface area contributed by atoms with Crippen molar-refractivity contribution >= 4 is 11.8 Å². The molecule has 1 aliphatic heterocycles. The number of hydrogen-bond acceptors (Lipinski definition) is 4. The van der Waals surface area contributed by atoms with Crippen molar-refractivity contribution in [1.82, 2.24) is 5.32 Å². The Labute approximate surface area is 128 Å². The molecule has 0 saturated heterocycles. The number of ether oxygens (including phenoxy) is 1. The van der Waals surface area contributed by atoms with Gasteiger partial charge in [-0.3, -0.25) is 9.59 Å². The van der Waals surface area contributed by atoms with E-state index in [9.17, 15) is 9.59 Å². The van der Waals surface area contributed by atoms with Crippen molar-refractivity contribution in [3.8, 4) is 5.75 Å². The standard InChI is InChI=1S/C16H19N3O3/c1-8-12(15(17)20)14(13(16(18)21)9(2)19-8)10-4-6-11(22-3)7-5-10/h4-7,14,19H,1-3H3,(H2,17,20)(H2,18,21). The van der Waals surface area contributed by atoms with Gasteiger partial charge in [0.15, 0.2) is 0 Å². The normalized spacial score (nSPS) is 15.6. The minimum atomic E-state index is -0.586. The average Bonchev–Trinajstić information content (AvgIpc) is 2.45.